The molecule has 2 aromatic carbocycles. The number of hydrogen-bond donors (Lipinski definition) is 2. The summed E-state index contributed by atoms with van der Waals surface area (Å²) < 4.78 is 11.3. The van der Waals surface area contributed by atoms with Gasteiger partial charge in [0.2, 0.25) is 0 Å². The molecule has 0 saturated carbocycles. The van der Waals surface area contributed by atoms with E-state index in [1.165, 1.54) is 0 Å². The molecule has 0 heterocycles. The van der Waals surface area contributed by atoms with Gasteiger partial charge in [-0.3, -0.25) is 9.59 Å². The lowest BCUT2D eigenvalue weighted by Crippen LogP contribution is -2.38. The Kier molecular flexibility index (Phi) is 8.48. The molecule has 0 fully saturated rings. The maximum absolute atomic E-state index is 12.1. The SMILES string of the molecule is Cc1ccc(OCC(=O)NCCNC(=O)COc2cccc(C)c2C)c(C(C)(C)C)c1. The van der Waals surface area contributed by atoms with Gasteiger partial charge in [-0.05, 0) is 55.0 Å². The van der Waals surface area contributed by atoms with Crippen LogP contribution in [-0.2, 0) is 15.0 Å². The van der Waals surface area contributed by atoms with Crippen LogP contribution in [0.5, 0.6) is 11.5 Å². The molecular weight excluding hydrogens is 392 g/mol. The Hall–Kier alpha value is -3.02. The number of carbonyl (C=O) groups excluding carboxylic acids is 2. The molecule has 2 rings (SSSR count). The van der Waals surface area contributed by atoms with Gasteiger partial charge in [0.05, 0.1) is 0 Å². The average molecular weight is 427 g/mol. The van der Waals surface area contributed by atoms with Gasteiger partial charge in [-0.1, -0.05) is 50.6 Å². The Labute approximate surface area is 185 Å². The predicted octanol–water partition coefficient (Wildman–Crippen LogP) is 3.60. The number of hydrogen-bond acceptors (Lipinski definition) is 4. The molecule has 0 aliphatic heterocycles. The van der Waals surface area contributed by atoms with Crippen LogP contribution in [0.3, 0.4) is 0 Å². The Morgan fingerprint density at radius 3 is 2.00 bits per heavy atom. The van der Waals surface area contributed by atoms with E-state index >= 15 is 0 Å². The lowest BCUT2D eigenvalue weighted by atomic mass is 9.85. The molecule has 0 spiro atoms. The molecule has 6 heteroatoms. The van der Waals surface area contributed by atoms with Gasteiger partial charge in [0.15, 0.2) is 13.2 Å². The van der Waals surface area contributed by atoms with Crippen molar-refractivity contribution in [1.82, 2.24) is 10.6 Å². The molecule has 2 N–H and O–H groups in total. The van der Waals surface area contributed by atoms with Crippen molar-refractivity contribution >= 4 is 11.8 Å². The highest BCUT2D eigenvalue weighted by Crippen LogP contribution is 2.32. The second-order valence-electron chi connectivity index (χ2n) is 8.72. The molecule has 6 nitrogen and oxygen atoms in total. The zero-order valence-electron chi connectivity index (χ0n) is 19.4. The summed E-state index contributed by atoms with van der Waals surface area (Å²) >= 11 is 0. The van der Waals surface area contributed by atoms with E-state index in [0.717, 1.165) is 22.3 Å². The molecule has 0 bridgehead atoms. The highest BCUT2D eigenvalue weighted by molar-refractivity contribution is 5.78. The van der Waals surface area contributed by atoms with Crippen LogP contribution in [0.1, 0.15) is 43.0 Å². The third kappa shape index (κ3) is 7.63. The summed E-state index contributed by atoms with van der Waals surface area (Å²) in [7, 11) is 0. The fraction of sp³-hybridized carbons (Fsp3) is 0.440. The maximum atomic E-state index is 12.1. The molecule has 168 valence electrons. The Balaban J connectivity index is 1.70. The molecule has 0 aliphatic rings. The molecule has 0 unspecified atom stereocenters. The standard InChI is InChI=1S/C25H34N2O4/c1-17-10-11-22(20(14-17)25(4,5)6)31-16-24(29)27-13-12-26-23(28)15-30-21-9-7-8-18(2)19(21)3/h7-11,14H,12-13,15-16H2,1-6H3,(H,26,28)(H,27,29). The zero-order valence-corrected chi connectivity index (χ0v) is 19.4. The molecule has 0 atom stereocenters. The van der Waals surface area contributed by atoms with Gasteiger partial charge in [0.25, 0.3) is 11.8 Å². The predicted molar refractivity (Wildman–Crippen MR) is 123 cm³/mol. The Bertz CT molecular complexity index is 916. The number of amides is 2. The normalized spacial score (nSPS) is 11.0. The number of aryl methyl sites for hydroxylation is 2. The van der Waals surface area contributed by atoms with E-state index in [-0.39, 0.29) is 30.4 Å². The van der Waals surface area contributed by atoms with Crippen LogP contribution in [0.4, 0.5) is 0 Å². The van der Waals surface area contributed by atoms with E-state index in [0.29, 0.717) is 24.6 Å². The van der Waals surface area contributed by atoms with E-state index in [1.807, 2.05) is 51.1 Å². The minimum Gasteiger partial charge on any atom is -0.483 e. The van der Waals surface area contributed by atoms with Crippen molar-refractivity contribution in [2.45, 2.75) is 47.0 Å². The molecule has 0 aliphatic carbocycles. The summed E-state index contributed by atoms with van der Waals surface area (Å²) in [6.07, 6.45) is 0. The Morgan fingerprint density at radius 1 is 0.839 bits per heavy atom. The molecular formula is C25H34N2O4. The second kappa shape index (κ2) is 10.8. The first kappa shape index (κ1) is 24.3. The minimum atomic E-state index is -0.235. The molecule has 0 aromatic heterocycles. The van der Waals surface area contributed by atoms with E-state index in [1.54, 1.807) is 0 Å². The number of ether oxygens (including phenoxy) is 2. The third-order valence-electron chi connectivity index (χ3n) is 4.98. The van der Waals surface area contributed by atoms with E-state index in [2.05, 4.69) is 37.5 Å². The average Bonchev–Trinajstić information content (AvgIpc) is 2.70. The van der Waals surface area contributed by atoms with Gasteiger partial charge < -0.3 is 20.1 Å². The van der Waals surface area contributed by atoms with Gasteiger partial charge in [-0.2, -0.15) is 0 Å². The van der Waals surface area contributed by atoms with Crippen molar-refractivity contribution < 1.29 is 19.1 Å². The summed E-state index contributed by atoms with van der Waals surface area (Å²) in [5, 5.41) is 5.48. The number of benzene rings is 2. The van der Waals surface area contributed by atoms with Crippen molar-refractivity contribution in [3.63, 3.8) is 0 Å². The fourth-order valence-corrected chi connectivity index (χ4v) is 3.03. The van der Waals surface area contributed by atoms with E-state index in [9.17, 15) is 9.59 Å². The monoisotopic (exact) mass is 426 g/mol. The van der Waals surface area contributed by atoms with Crippen molar-refractivity contribution in [2.75, 3.05) is 26.3 Å². The first-order chi connectivity index (χ1) is 14.6. The minimum absolute atomic E-state index is 0.0651. The van der Waals surface area contributed by atoms with Crippen molar-refractivity contribution in [3.8, 4) is 11.5 Å². The summed E-state index contributed by atoms with van der Waals surface area (Å²) in [5.74, 6) is 0.943. The van der Waals surface area contributed by atoms with Gasteiger partial charge in [-0.15, -0.1) is 0 Å². The molecule has 0 radical (unpaired) electrons. The molecule has 31 heavy (non-hydrogen) atoms. The summed E-state index contributed by atoms with van der Waals surface area (Å²) in [4.78, 5) is 24.0. The molecule has 0 saturated heterocycles. The summed E-state index contributed by atoms with van der Waals surface area (Å²) in [6.45, 7) is 12.8. The van der Waals surface area contributed by atoms with Crippen LogP contribution in [0, 0.1) is 20.8 Å². The molecule has 2 aromatic rings. The molecule has 2 amide bonds. The van der Waals surface area contributed by atoms with Crippen LogP contribution in [-0.4, -0.2) is 38.1 Å². The largest absolute Gasteiger partial charge is 0.483 e. The van der Waals surface area contributed by atoms with Crippen molar-refractivity contribution in [2.24, 2.45) is 0 Å². The number of nitrogens with one attached hydrogen (secondary N) is 2. The van der Waals surface area contributed by atoms with Crippen molar-refractivity contribution in [3.05, 3.63) is 58.7 Å². The highest BCUT2D eigenvalue weighted by atomic mass is 16.5. The van der Waals surface area contributed by atoms with Crippen LogP contribution < -0.4 is 20.1 Å². The van der Waals surface area contributed by atoms with Crippen LogP contribution >= 0.6 is 0 Å². The first-order valence-electron chi connectivity index (χ1n) is 10.5. The lowest BCUT2D eigenvalue weighted by molar-refractivity contribution is -0.124. The van der Waals surface area contributed by atoms with Crippen LogP contribution in [0.25, 0.3) is 0 Å². The smallest absolute Gasteiger partial charge is 0.258 e. The summed E-state index contributed by atoms with van der Waals surface area (Å²) in [6, 6.07) is 11.7. The fourth-order valence-electron chi connectivity index (χ4n) is 3.03. The summed E-state index contributed by atoms with van der Waals surface area (Å²) in [5.41, 5.74) is 4.27. The van der Waals surface area contributed by atoms with Gasteiger partial charge in [-0.25, -0.2) is 0 Å². The number of carbonyl (C=O) groups is 2. The van der Waals surface area contributed by atoms with E-state index < -0.39 is 0 Å². The van der Waals surface area contributed by atoms with Crippen LogP contribution in [0.2, 0.25) is 0 Å². The van der Waals surface area contributed by atoms with Crippen LogP contribution in [0.15, 0.2) is 36.4 Å². The first-order valence-corrected chi connectivity index (χ1v) is 10.5. The maximum Gasteiger partial charge on any atom is 0.258 e. The highest BCUT2D eigenvalue weighted by Gasteiger charge is 2.19. The third-order valence-corrected chi connectivity index (χ3v) is 4.98. The second-order valence-corrected chi connectivity index (χ2v) is 8.72. The van der Waals surface area contributed by atoms with E-state index in [4.69, 9.17) is 9.47 Å². The Morgan fingerprint density at radius 2 is 1.42 bits per heavy atom. The topological polar surface area (TPSA) is 76.7 Å². The van der Waals surface area contributed by atoms with Gasteiger partial charge in [0.1, 0.15) is 11.5 Å². The quantitative estimate of drug-likeness (QED) is 0.601. The zero-order chi connectivity index (χ0) is 23.0. The van der Waals surface area contributed by atoms with Gasteiger partial charge in [0, 0.05) is 13.1 Å². The van der Waals surface area contributed by atoms with Crippen molar-refractivity contribution in [1.29, 1.82) is 0 Å². The number of rotatable bonds is 9. The lowest BCUT2D eigenvalue weighted by Gasteiger charge is -2.23. The van der Waals surface area contributed by atoms with Gasteiger partial charge >= 0.3 is 0 Å².